The second kappa shape index (κ2) is 5.53. The van der Waals surface area contributed by atoms with Gasteiger partial charge < -0.3 is 0 Å². The molecule has 0 fully saturated rings. The zero-order chi connectivity index (χ0) is 13.8. The van der Waals surface area contributed by atoms with Gasteiger partial charge in [0.05, 0.1) is 11.1 Å². The quantitative estimate of drug-likeness (QED) is 0.402. The third-order valence-corrected chi connectivity index (χ3v) is 2.72. The fourth-order valence-electron chi connectivity index (χ4n) is 1.48. The molecule has 0 atom stereocenters. The first-order valence-corrected chi connectivity index (χ1v) is 5.97. The van der Waals surface area contributed by atoms with Gasteiger partial charge in [-0.25, -0.2) is 0 Å². The molecule has 1 aromatic heterocycles. The molecular formula is C11H11N5O2S. The molecule has 0 unspecified atom stereocenters. The Balaban J connectivity index is 2.25. The van der Waals surface area contributed by atoms with Crippen molar-refractivity contribution in [3.63, 3.8) is 0 Å². The number of hydrogen-bond donors (Lipinski definition) is 1. The minimum Gasteiger partial charge on any atom is -0.258 e. The molecule has 2 aromatic rings. The first-order chi connectivity index (χ1) is 9.11. The van der Waals surface area contributed by atoms with Crippen LogP contribution in [0, 0.1) is 14.9 Å². The Bertz CT molecular complexity index is 671. The second-order valence-electron chi connectivity index (χ2n) is 3.70. The van der Waals surface area contributed by atoms with Crippen molar-refractivity contribution in [2.24, 2.45) is 5.10 Å². The number of nitro benzene ring substituents is 1. The van der Waals surface area contributed by atoms with Crippen LogP contribution in [0.4, 0.5) is 5.69 Å². The second-order valence-corrected chi connectivity index (χ2v) is 4.09. The fourth-order valence-corrected chi connectivity index (χ4v) is 1.68. The molecule has 1 heterocycles. The van der Waals surface area contributed by atoms with Gasteiger partial charge in [0.2, 0.25) is 4.77 Å². The summed E-state index contributed by atoms with van der Waals surface area (Å²) in [6.45, 7) is 1.95. The number of rotatable bonds is 4. The summed E-state index contributed by atoms with van der Waals surface area (Å²) < 4.78 is 1.94. The van der Waals surface area contributed by atoms with Crippen LogP contribution in [0.2, 0.25) is 0 Å². The van der Waals surface area contributed by atoms with Gasteiger partial charge in [0.15, 0.2) is 5.82 Å². The molecule has 0 saturated carbocycles. The standard InChI is InChI=1S/C11H11N5O2S/c1-2-10-13-14-11(19)15(10)12-7-8-3-5-9(6-4-8)16(17)18/h3-7H,2H2,1H3,(H,14,19)/b12-7+. The topological polar surface area (TPSA) is 89.1 Å². The SMILES string of the molecule is CCc1n[nH]c(=S)n1/N=C/c1ccc([N+](=O)[O-])cc1. The summed E-state index contributed by atoms with van der Waals surface area (Å²) in [4.78, 5) is 10.1. The van der Waals surface area contributed by atoms with Crippen molar-refractivity contribution < 1.29 is 4.92 Å². The van der Waals surface area contributed by atoms with Crippen LogP contribution in [-0.4, -0.2) is 26.0 Å². The Morgan fingerprint density at radius 3 is 2.79 bits per heavy atom. The lowest BCUT2D eigenvalue weighted by Gasteiger charge is -1.97. The summed E-state index contributed by atoms with van der Waals surface area (Å²) in [5.41, 5.74) is 0.794. The Morgan fingerprint density at radius 2 is 2.21 bits per heavy atom. The van der Waals surface area contributed by atoms with Gasteiger partial charge in [-0.05, 0) is 29.9 Å². The molecule has 1 aromatic carbocycles. The van der Waals surface area contributed by atoms with Gasteiger partial charge in [-0.1, -0.05) is 6.92 Å². The Labute approximate surface area is 113 Å². The lowest BCUT2D eigenvalue weighted by atomic mass is 10.2. The van der Waals surface area contributed by atoms with Crippen LogP contribution < -0.4 is 0 Å². The van der Waals surface area contributed by atoms with Crippen LogP contribution >= 0.6 is 12.2 Å². The smallest absolute Gasteiger partial charge is 0.258 e. The first kappa shape index (κ1) is 13.1. The molecule has 0 aliphatic heterocycles. The summed E-state index contributed by atoms with van der Waals surface area (Å²) >= 11 is 5.05. The summed E-state index contributed by atoms with van der Waals surface area (Å²) in [5, 5.41) is 21.4. The lowest BCUT2D eigenvalue weighted by Crippen LogP contribution is -1.97. The van der Waals surface area contributed by atoms with Crippen LogP contribution in [0.1, 0.15) is 18.3 Å². The van der Waals surface area contributed by atoms with Crippen LogP contribution in [0.5, 0.6) is 0 Å². The minimum atomic E-state index is -0.442. The number of aromatic nitrogens is 3. The molecule has 19 heavy (non-hydrogen) atoms. The van der Waals surface area contributed by atoms with Gasteiger partial charge in [-0.15, -0.1) is 0 Å². The summed E-state index contributed by atoms with van der Waals surface area (Å²) in [6.07, 6.45) is 2.28. The molecule has 0 amide bonds. The van der Waals surface area contributed by atoms with E-state index in [1.165, 1.54) is 16.8 Å². The molecule has 0 radical (unpaired) electrons. The largest absolute Gasteiger partial charge is 0.269 e. The maximum atomic E-state index is 10.5. The van der Waals surface area contributed by atoms with Crippen molar-refractivity contribution in [2.75, 3.05) is 0 Å². The van der Waals surface area contributed by atoms with Gasteiger partial charge >= 0.3 is 0 Å². The van der Waals surface area contributed by atoms with Gasteiger partial charge in [-0.2, -0.15) is 14.9 Å². The molecule has 0 aliphatic carbocycles. The van der Waals surface area contributed by atoms with Crippen LogP contribution in [0.15, 0.2) is 29.4 Å². The molecule has 2 rings (SSSR count). The van der Waals surface area contributed by atoms with Crippen molar-refractivity contribution in [3.8, 4) is 0 Å². The van der Waals surface area contributed by atoms with E-state index in [4.69, 9.17) is 12.2 Å². The normalized spacial score (nSPS) is 11.0. The minimum absolute atomic E-state index is 0.0475. The van der Waals surface area contributed by atoms with E-state index in [2.05, 4.69) is 15.3 Å². The first-order valence-electron chi connectivity index (χ1n) is 5.57. The molecule has 8 heteroatoms. The molecule has 0 spiro atoms. The van der Waals surface area contributed by atoms with Gasteiger partial charge in [0, 0.05) is 18.6 Å². The van der Waals surface area contributed by atoms with Gasteiger partial charge in [-0.3, -0.25) is 15.2 Å². The van der Waals surface area contributed by atoms with E-state index in [1.54, 1.807) is 18.3 Å². The van der Waals surface area contributed by atoms with Crippen LogP contribution in [-0.2, 0) is 6.42 Å². The van der Waals surface area contributed by atoms with Crippen molar-refractivity contribution >= 4 is 24.1 Å². The van der Waals surface area contributed by atoms with Crippen molar-refractivity contribution in [1.82, 2.24) is 14.9 Å². The number of benzene rings is 1. The van der Waals surface area contributed by atoms with E-state index >= 15 is 0 Å². The van der Waals surface area contributed by atoms with Crippen LogP contribution in [0.25, 0.3) is 0 Å². The predicted octanol–water partition coefficient (Wildman–Crippen LogP) is 2.29. The van der Waals surface area contributed by atoms with Crippen molar-refractivity contribution in [2.45, 2.75) is 13.3 Å². The number of nitro groups is 1. The lowest BCUT2D eigenvalue weighted by molar-refractivity contribution is -0.384. The van der Waals surface area contributed by atoms with E-state index in [0.29, 0.717) is 11.2 Å². The molecule has 1 N–H and O–H groups in total. The van der Waals surface area contributed by atoms with Gasteiger partial charge in [0.25, 0.3) is 5.69 Å². The molecule has 0 saturated heterocycles. The number of nitrogens with one attached hydrogen (secondary N) is 1. The number of non-ortho nitro benzene ring substituents is 1. The molecule has 7 nitrogen and oxygen atoms in total. The Kier molecular flexibility index (Phi) is 3.81. The number of aryl methyl sites for hydroxylation is 1. The monoisotopic (exact) mass is 277 g/mol. The number of hydrogen-bond acceptors (Lipinski definition) is 5. The Morgan fingerprint density at radius 1 is 1.53 bits per heavy atom. The highest BCUT2D eigenvalue weighted by molar-refractivity contribution is 7.71. The van der Waals surface area contributed by atoms with Crippen molar-refractivity contribution in [1.29, 1.82) is 0 Å². The van der Waals surface area contributed by atoms with E-state index in [0.717, 1.165) is 11.4 Å². The summed E-state index contributed by atoms with van der Waals surface area (Å²) in [5.74, 6) is 0.725. The molecule has 0 aliphatic rings. The maximum absolute atomic E-state index is 10.5. The summed E-state index contributed by atoms with van der Waals surface area (Å²) in [6, 6.07) is 6.10. The van der Waals surface area contributed by atoms with E-state index < -0.39 is 4.92 Å². The molecule has 0 bridgehead atoms. The molecule has 98 valence electrons. The maximum Gasteiger partial charge on any atom is 0.269 e. The average Bonchev–Trinajstić information content (AvgIpc) is 2.77. The fraction of sp³-hybridized carbons (Fsp3) is 0.182. The third-order valence-electron chi connectivity index (χ3n) is 2.46. The Hall–Kier alpha value is -2.35. The highest BCUT2D eigenvalue weighted by atomic mass is 32.1. The number of nitrogens with zero attached hydrogens (tertiary/aromatic N) is 4. The highest BCUT2D eigenvalue weighted by Gasteiger charge is 2.03. The summed E-state index contributed by atoms with van der Waals surface area (Å²) in [7, 11) is 0. The van der Waals surface area contributed by atoms with Crippen LogP contribution in [0.3, 0.4) is 0 Å². The van der Waals surface area contributed by atoms with Gasteiger partial charge in [0.1, 0.15) is 0 Å². The zero-order valence-electron chi connectivity index (χ0n) is 10.1. The number of H-pyrrole nitrogens is 1. The third kappa shape index (κ3) is 2.91. The average molecular weight is 277 g/mol. The molecular weight excluding hydrogens is 266 g/mol. The van der Waals surface area contributed by atoms with E-state index in [9.17, 15) is 10.1 Å². The van der Waals surface area contributed by atoms with Crippen molar-refractivity contribution in [3.05, 3.63) is 50.5 Å². The van der Waals surface area contributed by atoms with E-state index in [-0.39, 0.29) is 5.69 Å². The van der Waals surface area contributed by atoms with E-state index in [1.807, 2.05) is 6.92 Å². The zero-order valence-corrected chi connectivity index (χ0v) is 10.9. The number of aromatic amines is 1. The highest BCUT2D eigenvalue weighted by Crippen LogP contribution is 2.10. The predicted molar refractivity (Wildman–Crippen MR) is 72.9 cm³/mol.